The number of ether oxygens (including phenoxy) is 1. The van der Waals surface area contributed by atoms with Gasteiger partial charge in [0.25, 0.3) is 0 Å². The van der Waals surface area contributed by atoms with Gasteiger partial charge < -0.3 is 9.64 Å². The lowest BCUT2D eigenvalue weighted by Crippen LogP contribution is -3.11. The monoisotopic (exact) mass is 368 g/mol. The molecule has 1 fully saturated rings. The predicted molar refractivity (Wildman–Crippen MR) is 103 cm³/mol. The topological polar surface area (TPSA) is 29.3 Å². The van der Waals surface area contributed by atoms with E-state index in [4.69, 9.17) is 21.4 Å². The first kappa shape index (κ1) is 16.2. The number of quaternary nitrogens is 1. The summed E-state index contributed by atoms with van der Waals surface area (Å²) in [5.41, 5.74) is 3.16. The Kier molecular flexibility index (Phi) is 3.73. The van der Waals surface area contributed by atoms with E-state index in [1.54, 1.807) is 4.90 Å². The molecule has 134 valence electrons. The number of piperidine rings is 1. The van der Waals surface area contributed by atoms with Gasteiger partial charge in [-0.1, -0.05) is 41.9 Å². The van der Waals surface area contributed by atoms with E-state index >= 15 is 0 Å². The summed E-state index contributed by atoms with van der Waals surface area (Å²) in [6.07, 6.45) is 2.87. The second kappa shape index (κ2) is 6.00. The van der Waals surface area contributed by atoms with Crippen LogP contribution in [0.15, 0.2) is 53.6 Å². The van der Waals surface area contributed by atoms with Crippen LogP contribution in [0.2, 0.25) is 5.02 Å². The van der Waals surface area contributed by atoms with E-state index in [2.05, 4.69) is 36.3 Å². The molecule has 1 N–H and O–H groups in total. The zero-order valence-electron chi connectivity index (χ0n) is 14.9. The van der Waals surface area contributed by atoms with E-state index in [0.29, 0.717) is 0 Å². The second-order valence-corrected chi connectivity index (χ2v) is 8.10. The molecule has 3 heterocycles. The minimum Gasteiger partial charge on any atom is -0.466 e. The summed E-state index contributed by atoms with van der Waals surface area (Å²) in [6.45, 7) is 2.20. The third-order valence-corrected chi connectivity index (χ3v) is 6.19. The molecule has 0 unspecified atom stereocenters. The summed E-state index contributed by atoms with van der Waals surface area (Å²) in [6, 6.07) is 16.7. The number of fused-ring (bicyclic) bond motifs is 4. The Labute approximate surface area is 159 Å². The van der Waals surface area contributed by atoms with Crippen LogP contribution in [0, 0.1) is 0 Å². The first-order chi connectivity index (χ1) is 12.6. The maximum Gasteiger partial charge on any atom is 0.208 e. The van der Waals surface area contributed by atoms with Gasteiger partial charge in [-0.05, 0) is 23.8 Å². The summed E-state index contributed by atoms with van der Waals surface area (Å²) in [4.78, 5) is 1.56. The van der Waals surface area contributed by atoms with Gasteiger partial charge in [-0.15, -0.1) is 0 Å². The SMILES string of the molecule is C[NH+]1CCC2(CC1)Oc1ccc(Cl)cc1[C@@H]1CC(c3ccccc3)=NN12. The van der Waals surface area contributed by atoms with Crippen molar-refractivity contribution < 1.29 is 9.64 Å². The van der Waals surface area contributed by atoms with Crippen molar-refractivity contribution in [2.45, 2.75) is 31.0 Å². The Morgan fingerprint density at radius 1 is 1.15 bits per heavy atom. The van der Waals surface area contributed by atoms with Gasteiger partial charge >= 0.3 is 0 Å². The molecule has 26 heavy (non-hydrogen) atoms. The quantitative estimate of drug-likeness (QED) is 0.838. The fourth-order valence-electron chi connectivity index (χ4n) is 4.46. The average molecular weight is 369 g/mol. The highest BCUT2D eigenvalue weighted by molar-refractivity contribution is 6.30. The van der Waals surface area contributed by atoms with E-state index < -0.39 is 0 Å². The molecule has 0 radical (unpaired) electrons. The van der Waals surface area contributed by atoms with E-state index in [9.17, 15) is 0 Å². The number of hydrogen-bond acceptors (Lipinski definition) is 3. The van der Waals surface area contributed by atoms with Gasteiger partial charge in [0, 0.05) is 17.0 Å². The third-order valence-electron chi connectivity index (χ3n) is 5.95. The van der Waals surface area contributed by atoms with Crippen LogP contribution in [0.1, 0.15) is 36.4 Å². The fraction of sp³-hybridized carbons (Fsp3) is 0.381. The highest BCUT2D eigenvalue weighted by Gasteiger charge is 2.52. The molecule has 0 bridgehead atoms. The molecule has 0 aromatic heterocycles. The Balaban J connectivity index is 1.60. The number of nitrogens with zero attached hydrogens (tertiary/aromatic N) is 2. The average Bonchev–Trinajstić information content (AvgIpc) is 3.12. The highest BCUT2D eigenvalue weighted by Crippen LogP contribution is 2.49. The first-order valence-corrected chi connectivity index (χ1v) is 9.74. The number of nitrogens with one attached hydrogen (secondary N) is 1. The lowest BCUT2D eigenvalue weighted by atomic mass is 9.91. The van der Waals surface area contributed by atoms with Crippen LogP contribution in [-0.2, 0) is 0 Å². The second-order valence-electron chi connectivity index (χ2n) is 7.66. The van der Waals surface area contributed by atoms with Crippen LogP contribution in [0.3, 0.4) is 0 Å². The lowest BCUT2D eigenvalue weighted by Gasteiger charge is -2.49. The Morgan fingerprint density at radius 3 is 2.69 bits per heavy atom. The number of benzene rings is 2. The molecule has 1 spiro atoms. The van der Waals surface area contributed by atoms with Crippen molar-refractivity contribution >= 4 is 17.3 Å². The summed E-state index contributed by atoms with van der Waals surface area (Å²) < 4.78 is 6.61. The molecule has 0 amide bonds. The van der Waals surface area contributed by atoms with E-state index in [1.807, 2.05) is 24.3 Å². The zero-order valence-corrected chi connectivity index (χ0v) is 15.7. The minimum absolute atomic E-state index is 0.200. The Hall–Kier alpha value is -2.04. The number of likely N-dealkylation sites (tertiary alicyclic amines) is 1. The van der Waals surface area contributed by atoms with Gasteiger partial charge in [-0.25, -0.2) is 5.01 Å². The van der Waals surface area contributed by atoms with Gasteiger partial charge in [0.15, 0.2) is 0 Å². The van der Waals surface area contributed by atoms with Crippen LogP contribution in [0.5, 0.6) is 5.75 Å². The molecular weight excluding hydrogens is 346 g/mol. The van der Waals surface area contributed by atoms with Crippen molar-refractivity contribution in [3.63, 3.8) is 0 Å². The van der Waals surface area contributed by atoms with Crippen LogP contribution in [-0.4, -0.2) is 36.6 Å². The van der Waals surface area contributed by atoms with Crippen molar-refractivity contribution in [1.29, 1.82) is 0 Å². The van der Waals surface area contributed by atoms with Crippen LogP contribution in [0.4, 0.5) is 0 Å². The predicted octanol–water partition coefficient (Wildman–Crippen LogP) is 2.89. The first-order valence-electron chi connectivity index (χ1n) is 9.37. The molecule has 4 nitrogen and oxygen atoms in total. The standard InChI is InChI=1S/C21H22ClN3O/c1-24-11-9-21(10-12-24)25-19(17-13-16(22)7-8-20(17)26-21)14-18(23-25)15-5-3-2-4-6-15/h2-8,13,19H,9-12,14H2,1H3/p+1/t19-/m0/s1. The molecule has 5 heteroatoms. The molecule has 1 saturated heterocycles. The Morgan fingerprint density at radius 2 is 1.92 bits per heavy atom. The van der Waals surface area contributed by atoms with Gasteiger partial charge in [0.1, 0.15) is 5.75 Å². The van der Waals surface area contributed by atoms with Gasteiger partial charge in [0.05, 0.1) is 44.7 Å². The molecule has 0 saturated carbocycles. The third kappa shape index (κ3) is 2.51. The summed E-state index contributed by atoms with van der Waals surface area (Å²) >= 11 is 6.30. The minimum atomic E-state index is -0.332. The van der Waals surface area contributed by atoms with Crippen molar-refractivity contribution in [3.8, 4) is 5.75 Å². The van der Waals surface area contributed by atoms with Crippen molar-refractivity contribution in [2.75, 3.05) is 20.1 Å². The van der Waals surface area contributed by atoms with Crippen molar-refractivity contribution in [2.24, 2.45) is 5.10 Å². The largest absolute Gasteiger partial charge is 0.466 e. The Bertz CT molecular complexity index is 859. The molecule has 3 aliphatic rings. The number of hydrazone groups is 1. The van der Waals surface area contributed by atoms with Gasteiger partial charge in [-0.3, -0.25) is 0 Å². The maximum absolute atomic E-state index is 6.61. The molecule has 5 rings (SSSR count). The van der Waals surface area contributed by atoms with Crippen LogP contribution >= 0.6 is 11.6 Å². The summed E-state index contributed by atoms with van der Waals surface area (Å²) in [7, 11) is 2.25. The van der Waals surface area contributed by atoms with Gasteiger partial charge in [0.2, 0.25) is 5.72 Å². The van der Waals surface area contributed by atoms with Crippen LogP contribution < -0.4 is 9.64 Å². The zero-order chi connectivity index (χ0) is 17.7. The maximum atomic E-state index is 6.61. The normalized spacial score (nSPS) is 29.8. The fourth-order valence-corrected chi connectivity index (χ4v) is 4.64. The molecule has 1 atom stereocenters. The van der Waals surface area contributed by atoms with Crippen molar-refractivity contribution in [3.05, 3.63) is 64.7 Å². The molecule has 0 aliphatic carbocycles. The summed E-state index contributed by atoms with van der Waals surface area (Å²) in [5.74, 6) is 0.972. The van der Waals surface area contributed by atoms with Crippen molar-refractivity contribution in [1.82, 2.24) is 5.01 Å². The molecule has 3 aliphatic heterocycles. The molecule has 2 aromatic rings. The van der Waals surface area contributed by atoms with E-state index in [0.717, 1.165) is 54.4 Å². The van der Waals surface area contributed by atoms with Crippen LogP contribution in [0.25, 0.3) is 0 Å². The lowest BCUT2D eigenvalue weighted by molar-refractivity contribution is -0.888. The van der Waals surface area contributed by atoms with Gasteiger partial charge in [-0.2, -0.15) is 5.10 Å². The van der Waals surface area contributed by atoms with E-state index in [1.165, 1.54) is 5.56 Å². The summed E-state index contributed by atoms with van der Waals surface area (Å²) in [5, 5.41) is 8.09. The van der Waals surface area contributed by atoms with E-state index in [-0.39, 0.29) is 11.8 Å². The smallest absolute Gasteiger partial charge is 0.208 e. The highest BCUT2D eigenvalue weighted by atomic mass is 35.5. The molecular formula is C21H23ClN3O+. The number of rotatable bonds is 1. The number of halogens is 1. The molecule has 2 aromatic carbocycles. The number of hydrogen-bond donors (Lipinski definition) is 1.